The third-order valence-corrected chi connectivity index (χ3v) is 4.71. The highest BCUT2D eigenvalue weighted by atomic mass is 35.5. The molecule has 0 saturated heterocycles. The Hall–Kier alpha value is -0.810. The molecule has 0 aliphatic carbocycles. The first kappa shape index (κ1) is 25.4. The minimum absolute atomic E-state index is 0. The summed E-state index contributed by atoms with van der Waals surface area (Å²) in [7, 11) is 0. The van der Waals surface area contributed by atoms with Crippen molar-refractivity contribution in [1.29, 1.82) is 0 Å². The van der Waals surface area contributed by atoms with Gasteiger partial charge in [0.05, 0.1) is 5.41 Å². The smallest absolute Gasteiger partial charge is 0.231 e. The molecule has 4 nitrogen and oxygen atoms in total. The molecule has 0 fully saturated rings. The van der Waals surface area contributed by atoms with Crippen molar-refractivity contribution in [3.8, 4) is 0 Å². The normalized spacial score (nSPS) is 10.8. The number of nitrogens with zero attached hydrogens (tertiary/aromatic N) is 1. The zero-order valence-electron chi connectivity index (χ0n) is 15.3. The van der Waals surface area contributed by atoms with E-state index in [-0.39, 0.29) is 30.7 Å². The Kier molecular flexibility index (Phi) is 13.3. The SMILES string of the molecule is CCN(CC)Cc1cccc(NC(=O)C(CC)(CC)CN)c1.Cl.Cl. The van der Waals surface area contributed by atoms with E-state index in [0.717, 1.165) is 38.2 Å². The van der Waals surface area contributed by atoms with Crippen molar-refractivity contribution in [2.24, 2.45) is 11.1 Å². The highest BCUT2D eigenvalue weighted by Gasteiger charge is 2.33. The fourth-order valence-electron chi connectivity index (χ4n) is 2.67. The van der Waals surface area contributed by atoms with Crippen LogP contribution >= 0.6 is 24.8 Å². The number of hydrogen-bond donors (Lipinski definition) is 2. The number of amides is 1. The second kappa shape index (κ2) is 12.5. The van der Waals surface area contributed by atoms with Crippen LogP contribution in [0.5, 0.6) is 0 Å². The molecule has 0 heterocycles. The van der Waals surface area contributed by atoms with Gasteiger partial charge in [-0.25, -0.2) is 0 Å². The van der Waals surface area contributed by atoms with E-state index in [0.29, 0.717) is 6.54 Å². The standard InChI is InChI=1S/C18H31N3O.2ClH/c1-5-18(6-2,14-19)17(22)20-16-11-9-10-15(12-16)13-21(7-3)8-4;;/h9-12H,5-8,13-14,19H2,1-4H3,(H,20,22);2*1H. The maximum Gasteiger partial charge on any atom is 0.231 e. The summed E-state index contributed by atoms with van der Waals surface area (Å²) < 4.78 is 0. The topological polar surface area (TPSA) is 58.4 Å². The molecule has 24 heavy (non-hydrogen) atoms. The molecule has 6 heteroatoms. The van der Waals surface area contributed by atoms with Crippen LogP contribution in [0.3, 0.4) is 0 Å². The van der Waals surface area contributed by atoms with Gasteiger partial charge < -0.3 is 11.1 Å². The van der Waals surface area contributed by atoms with E-state index in [1.165, 1.54) is 5.56 Å². The lowest BCUT2D eigenvalue weighted by Crippen LogP contribution is -2.41. The van der Waals surface area contributed by atoms with E-state index in [1.54, 1.807) is 0 Å². The summed E-state index contributed by atoms with van der Waals surface area (Å²) in [6, 6.07) is 8.10. The van der Waals surface area contributed by atoms with E-state index in [4.69, 9.17) is 5.73 Å². The average Bonchev–Trinajstić information content (AvgIpc) is 2.55. The summed E-state index contributed by atoms with van der Waals surface area (Å²) in [5.74, 6) is 0.0278. The number of anilines is 1. The van der Waals surface area contributed by atoms with Crippen molar-refractivity contribution in [1.82, 2.24) is 4.90 Å². The van der Waals surface area contributed by atoms with Gasteiger partial charge in [-0.2, -0.15) is 0 Å². The molecule has 0 spiro atoms. The third kappa shape index (κ3) is 6.60. The molecular formula is C18H33Cl2N3O. The Morgan fingerprint density at radius 2 is 1.71 bits per heavy atom. The highest BCUT2D eigenvalue weighted by Crippen LogP contribution is 2.27. The molecule has 1 aromatic rings. The maximum absolute atomic E-state index is 12.6. The Bertz CT molecular complexity index is 467. The van der Waals surface area contributed by atoms with Crippen molar-refractivity contribution < 1.29 is 4.79 Å². The van der Waals surface area contributed by atoms with Gasteiger partial charge in [-0.1, -0.05) is 39.8 Å². The number of benzene rings is 1. The molecule has 140 valence electrons. The molecule has 0 bridgehead atoms. The molecule has 1 rings (SSSR count). The Morgan fingerprint density at radius 3 is 2.17 bits per heavy atom. The third-order valence-electron chi connectivity index (χ3n) is 4.71. The van der Waals surface area contributed by atoms with Crippen LogP contribution in [0, 0.1) is 5.41 Å². The zero-order chi connectivity index (χ0) is 16.6. The second-order valence-electron chi connectivity index (χ2n) is 5.81. The second-order valence-corrected chi connectivity index (χ2v) is 5.81. The fraction of sp³-hybridized carbons (Fsp3) is 0.611. The first-order chi connectivity index (χ1) is 10.5. The van der Waals surface area contributed by atoms with Crippen LogP contribution in [-0.4, -0.2) is 30.4 Å². The van der Waals surface area contributed by atoms with E-state index in [2.05, 4.69) is 36.2 Å². The summed E-state index contributed by atoms with van der Waals surface area (Å²) >= 11 is 0. The number of rotatable bonds is 9. The zero-order valence-corrected chi connectivity index (χ0v) is 16.9. The van der Waals surface area contributed by atoms with Crippen molar-refractivity contribution in [3.05, 3.63) is 29.8 Å². The number of nitrogens with two attached hydrogens (primary N) is 1. The Morgan fingerprint density at radius 1 is 1.12 bits per heavy atom. The quantitative estimate of drug-likeness (QED) is 0.681. The first-order valence-electron chi connectivity index (χ1n) is 8.38. The van der Waals surface area contributed by atoms with Crippen molar-refractivity contribution in [2.75, 3.05) is 25.0 Å². The molecule has 0 aliphatic rings. The lowest BCUT2D eigenvalue weighted by Gasteiger charge is -2.28. The maximum atomic E-state index is 12.6. The summed E-state index contributed by atoms with van der Waals surface area (Å²) in [6.45, 7) is 11.7. The van der Waals surface area contributed by atoms with Crippen LogP contribution in [0.1, 0.15) is 46.1 Å². The Labute approximate surface area is 159 Å². The Balaban J connectivity index is 0. The van der Waals surface area contributed by atoms with Gasteiger partial charge in [0.15, 0.2) is 0 Å². The van der Waals surface area contributed by atoms with Gasteiger partial charge in [0.25, 0.3) is 0 Å². The van der Waals surface area contributed by atoms with Crippen LogP contribution < -0.4 is 11.1 Å². The number of nitrogens with one attached hydrogen (secondary N) is 1. The van der Waals surface area contributed by atoms with Crippen LogP contribution in [0.2, 0.25) is 0 Å². The van der Waals surface area contributed by atoms with Crippen LogP contribution in [0.15, 0.2) is 24.3 Å². The average molecular weight is 378 g/mol. The minimum Gasteiger partial charge on any atom is -0.329 e. The van der Waals surface area contributed by atoms with Gasteiger partial charge in [0.2, 0.25) is 5.91 Å². The fourth-order valence-corrected chi connectivity index (χ4v) is 2.67. The number of hydrogen-bond acceptors (Lipinski definition) is 3. The van der Waals surface area contributed by atoms with Gasteiger partial charge in [0, 0.05) is 18.8 Å². The first-order valence-corrected chi connectivity index (χ1v) is 8.38. The van der Waals surface area contributed by atoms with Gasteiger partial charge in [-0.15, -0.1) is 24.8 Å². The molecule has 0 radical (unpaired) electrons. The molecular weight excluding hydrogens is 345 g/mol. The van der Waals surface area contributed by atoms with Crippen LogP contribution in [-0.2, 0) is 11.3 Å². The molecule has 0 unspecified atom stereocenters. The number of carbonyl (C=O) groups is 1. The van der Waals surface area contributed by atoms with E-state index < -0.39 is 5.41 Å². The predicted molar refractivity (Wildman–Crippen MR) is 108 cm³/mol. The molecule has 1 aromatic carbocycles. The summed E-state index contributed by atoms with van der Waals surface area (Å²) in [6.07, 6.45) is 1.51. The van der Waals surface area contributed by atoms with Crippen molar-refractivity contribution in [3.63, 3.8) is 0 Å². The molecule has 0 atom stereocenters. The summed E-state index contributed by atoms with van der Waals surface area (Å²) in [5.41, 5.74) is 7.46. The molecule has 0 aromatic heterocycles. The van der Waals surface area contributed by atoms with Crippen molar-refractivity contribution in [2.45, 2.75) is 47.1 Å². The summed E-state index contributed by atoms with van der Waals surface area (Å²) in [5, 5.41) is 3.05. The van der Waals surface area contributed by atoms with Crippen molar-refractivity contribution >= 4 is 36.4 Å². The van der Waals surface area contributed by atoms with Crippen LogP contribution in [0.25, 0.3) is 0 Å². The lowest BCUT2D eigenvalue weighted by molar-refractivity contribution is -0.125. The summed E-state index contributed by atoms with van der Waals surface area (Å²) in [4.78, 5) is 14.9. The van der Waals surface area contributed by atoms with Gasteiger partial charge in [-0.05, 0) is 43.6 Å². The molecule has 0 saturated carbocycles. The number of carbonyl (C=O) groups excluding carboxylic acids is 1. The van der Waals surface area contributed by atoms with E-state index in [1.807, 2.05) is 26.0 Å². The number of halogens is 2. The van der Waals surface area contributed by atoms with E-state index in [9.17, 15) is 4.79 Å². The van der Waals surface area contributed by atoms with Gasteiger partial charge >= 0.3 is 0 Å². The van der Waals surface area contributed by atoms with Crippen LogP contribution in [0.4, 0.5) is 5.69 Å². The largest absolute Gasteiger partial charge is 0.329 e. The van der Waals surface area contributed by atoms with Gasteiger partial charge in [0.1, 0.15) is 0 Å². The predicted octanol–water partition coefficient (Wildman–Crippen LogP) is 4.08. The molecule has 0 aliphatic heterocycles. The highest BCUT2D eigenvalue weighted by molar-refractivity contribution is 5.95. The molecule has 1 amide bonds. The minimum atomic E-state index is -0.463. The molecule has 3 N–H and O–H groups in total. The monoisotopic (exact) mass is 377 g/mol. The van der Waals surface area contributed by atoms with E-state index >= 15 is 0 Å². The van der Waals surface area contributed by atoms with Gasteiger partial charge in [-0.3, -0.25) is 9.69 Å². The lowest BCUT2D eigenvalue weighted by atomic mass is 9.81.